The number of halogens is 1. The van der Waals surface area contributed by atoms with Gasteiger partial charge in [0.15, 0.2) is 0 Å². The van der Waals surface area contributed by atoms with Crippen LogP contribution in [0.5, 0.6) is 5.75 Å². The van der Waals surface area contributed by atoms with Gasteiger partial charge in [-0.2, -0.15) is 10.2 Å². The van der Waals surface area contributed by atoms with Crippen LogP contribution in [0, 0.1) is 0 Å². The fourth-order valence-electron chi connectivity index (χ4n) is 4.34. The molecule has 0 unspecified atom stereocenters. The molecule has 6 rings (SSSR count). The van der Waals surface area contributed by atoms with Crippen molar-refractivity contribution in [2.45, 2.75) is 6.61 Å². The molecule has 0 aliphatic rings. The van der Waals surface area contributed by atoms with Crippen molar-refractivity contribution in [3.63, 3.8) is 0 Å². The molecule has 8 nitrogen and oxygen atoms in total. The normalized spacial score (nSPS) is 11.2. The number of H-pyrrole nitrogens is 1. The maximum atomic E-state index is 13.5. The van der Waals surface area contributed by atoms with E-state index >= 15 is 0 Å². The highest BCUT2D eigenvalue weighted by Gasteiger charge is 2.16. The Labute approximate surface area is 214 Å². The summed E-state index contributed by atoms with van der Waals surface area (Å²) < 4.78 is 7.12. The summed E-state index contributed by atoms with van der Waals surface area (Å²) in [5.41, 5.74) is 1.79. The largest absolute Gasteiger partial charge is 0.487 e. The van der Waals surface area contributed by atoms with Crippen molar-refractivity contribution in [1.29, 1.82) is 0 Å². The average molecular weight is 508 g/mol. The first-order chi connectivity index (χ1) is 18.1. The minimum absolute atomic E-state index is 0.204. The lowest BCUT2D eigenvalue weighted by molar-refractivity contribution is 0.301. The molecule has 3 aromatic heterocycles. The first-order valence-corrected chi connectivity index (χ1v) is 11.8. The van der Waals surface area contributed by atoms with E-state index in [0.717, 1.165) is 15.3 Å². The Morgan fingerprint density at radius 1 is 0.919 bits per heavy atom. The van der Waals surface area contributed by atoms with E-state index in [9.17, 15) is 9.59 Å². The van der Waals surface area contributed by atoms with Crippen LogP contribution in [0.3, 0.4) is 0 Å². The Balaban J connectivity index is 1.46. The van der Waals surface area contributed by atoms with Crippen LogP contribution in [0.4, 0.5) is 0 Å². The van der Waals surface area contributed by atoms with E-state index in [1.165, 1.54) is 6.20 Å². The molecular weight excluding hydrogens is 490 g/mol. The quantitative estimate of drug-likeness (QED) is 0.355. The number of benzene rings is 3. The Morgan fingerprint density at radius 2 is 1.81 bits per heavy atom. The molecule has 0 bridgehead atoms. The van der Waals surface area contributed by atoms with Gasteiger partial charge in [0.05, 0.1) is 27.8 Å². The number of hydrogen-bond acceptors (Lipinski definition) is 6. The maximum Gasteiger partial charge on any atom is 0.333 e. The van der Waals surface area contributed by atoms with E-state index in [1.54, 1.807) is 54.9 Å². The number of nitrogens with zero attached hydrogens (tertiary/aromatic N) is 4. The van der Waals surface area contributed by atoms with Gasteiger partial charge < -0.3 is 9.72 Å². The van der Waals surface area contributed by atoms with Crippen LogP contribution in [0.25, 0.3) is 38.5 Å². The molecule has 3 heterocycles. The van der Waals surface area contributed by atoms with Gasteiger partial charge in [0.1, 0.15) is 18.1 Å². The van der Waals surface area contributed by atoms with Crippen molar-refractivity contribution in [2.24, 2.45) is 0 Å². The monoisotopic (exact) mass is 507 g/mol. The Morgan fingerprint density at radius 3 is 2.68 bits per heavy atom. The molecule has 0 fully saturated rings. The number of ether oxygens (including phenoxy) is 1. The zero-order valence-electron chi connectivity index (χ0n) is 19.3. The molecule has 37 heavy (non-hydrogen) atoms. The van der Waals surface area contributed by atoms with E-state index in [0.29, 0.717) is 44.2 Å². The molecule has 0 spiro atoms. The third kappa shape index (κ3) is 4.13. The summed E-state index contributed by atoms with van der Waals surface area (Å²) in [4.78, 5) is 33.7. The number of pyridine rings is 1. The highest BCUT2D eigenvalue weighted by Crippen LogP contribution is 2.37. The topological polar surface area (TPSA) is 103 Å². The SMILES string of the molecule is O=c1[nH]c2cc(-c3c(Cl)cccc3OCc3cccnn3)ccc2c(=O)n1-c1cncc2ccccc12. The van der Waals surface area contributed by atoms with Gasteiger partial charge in [0.25, 0.3) is 5.56 Å². The fraction of sp³-hybridized carbons (Fsp3) is 0.0357. The fourth-order valence-corrected chi connectivity index (χ4v) is 4.61. The van der Waals surface area contributed by atoms with Gasteiger partial charge in [-0.25, -0.2) is 9.36 Å². The van der Waals surface area contributed by atoms with Gasteiger partial charge >= 0.3 is 5.69 Å². The summed E-state index contributed by atoms with van der Waals surface area (Å²) in [6, 6.07) is 21.6. The third-order valence-electron chi connectivity index (χ3n) is 6.05. The lowest BCUT2D eigenvalue weighted by atomic mass is 10.0. The van der Waals surface area contributed by atoms with Gasteiger partial charge in [-0.3, -0.25) is 9.78 Å². The second-order valence-electron chi connectivity index (χ2n) is 8.33. The van der Waals surface area contributed by atoms with Crippen LogP contribution in [0.2, 0.25) is 5.02 Å². The molecule has 0 atom stereocenters. The maximum absolute atomic E-state index is 13.5. The average Bonchev–Trinajstić information content (AvgIpc) is 2.92. The minimum atomic E-state index is -0.564. The highest BCUT2D eigenvalue weighted by atomic mass is 35.5. The van der Waals surface area contributed by atoms with E-state index in [2.05, 4.69) is 20.2 Å². The van der Waals surface area contributed by atoms with E-state index in [1.807, 2.05) is 30.3 Å². The Hall–Kier alpha value is -4.82. The molecule has 6 aromatic rings. The molecule has 0 saturated heterocycles. The molecule has 0 saturated carbocycles. The Bertz CT molecular complexity index is 1900. The van der Waals surface area contributed by atoms with Crippen LogP contribution < -0.4 is 16.0 Å². The first kappa shape index (κ1) is 22.6. The first-order valence-electron chi connectivity index (χ1n) is 11.4. The van der Waals surface area contributed by atoms with Crippen molar-refractivity contribution in [3.8, 4) is 22.6 Å². The zero-order valence-corrected chi connectivity index (χ0v) is 20.0. The van der Waals surface area contributed by atoms with Crippen molar-refractivity contribution in [2.75, 3.05) is 0 Å². The lowest BCUT2D eigenvalue weighted by Gasteiger charge is -2.14. The van der Waals surface area contributed by atoms with Crippen LogP contribution >= 0.6 is 11.6 Å². The molecule has 9 heteroatoms. The van der Waals surface area contributed by atoms with Crippen LogP contribution in [0.1, 0.15) is 5.69 Å². The predicted octanol–water partition coefficient (Wildman–Crippen LogP) is 4.92. The van der Waals surface area contributed by atoms with Crippen LogP contribution in [-0.4, -0.2) is 24.7 Å². The molecule has 0 aliphatic heterocycles. The number of nitrogens with one attached hydrogen (secondary N) is 1. The number of rotatable bonds is 5. The van der Waals surface area contributed by atoms with Gasteiger partial charge in [-0.15, -0.1) is 0 Å². The molecule has 180 valence electrons. The second-order valence-corrected chi connectivity index (χ2v) is 8.73. The van der Waals surface area contributed by atoms with E-state index in [-0.39, 0.29) is 6.61 Å². The highest BCUT2D eigenvalue weighted by molar-refractivity contribution is 6.33. The summed E-state index contributed by atoms with van der Waals surface area (Å²) in [5, 5.41) is 10.3. The van der Waals surface area contributed by atoms with Crippen LogP contribution in [0.15, 0.2) is 101 Å². The third-order valence-corrected chi connectivity index (χ3v) is 6.37. The summed E-state index contributed by atoms with van der Waals surface area (Å²) >= 11 is 6.57. The van der Waals surface area contributed by atoms with Crippen LogP contribution in [-0.2, 0) is 6.61 Å². The van der Waals surface area contributed by atoms with Crippen molar-refractivity contribution >= 4 is 33.3 Å². The molecule has 1 N–H and O–H groups in total. The summed E-state index contributed by atoms with van der Waals surface area (Å²) in [6.07, 6.45) is 4.80. The van der Waals surface area contributed by atoms with E-state index < -0.39 is 11.2 Å². The molecule has 3 aromatic carbocycles. The number of fused-ring (bicyclic) bond motifs is 2. The van der Waals surface area contributed by atoms with E-state index in [4.69, 9.17) is 16.3 Å². The molecular formula is C28H18ClN5O3. The number of aromatic nitrogens is 5. The number of aromatic amines is 1. The molecule has 0 amide bonds. The van der Waals surface area contributed by atoms with Crippen molar-refractivity contribution in [1.82, 2.24) is 24.7 Å². The van der Waals surface area contributed by atoms with Gasteiger partial charge in [-0.05, 0) is 42.0 Å². The summed E-state index contributed by atoms with van der Waals surface area (Å²) in [6.45, 7) is 0.204. The van der Waals surface area contributed by atoms with Gasteiger partial charge in [0.2, 0.25) is 0 Å². The Kier molecular flexibility index (Phi) is 5.71. The minimum Gasteiger partial charge on any atom is -0.487 e. The van der Waals surface area contributed by atoms with Gasteiger partial charge in [0, 0.05) is 28.7 Å². The zero-order chi connectivity index (χ0) is 25.4. The van der Waals surface area contributed by atoms with Gasteiger partial charge in [-0.1, -0.05) is 48.0 Å². The molecule has 0 radical (unpaired) electrons. The molecule has 0 aliphatic carbocycles. The smallest absolute Gasteiger partial charge is 0.333 e. The number of hydrogen-bond donors (Lipinski definition) is 1. The second kappa shape index (κ2) is 9.33. The van der Waals surface area contributed by atoms with Crippen molar-refractivity contribution < 1.29 is 4.74 Å². The summed E-state index contributed by atoms with van der Waals surface area (Å²) in [7, 11) is 0. The lowest BCUT2D eigenvalue weighted by Crippen LogP contribution is -2.33. The predicted molar refractivity (Wildman–Crippen MR) is 142 cm³/mol. The van der Waals surface area contributed by atoms with Crippen molar-refractivity contribution in [3.05, 3.63) is 123 Å². The summed E-state index contributed by atoms with van der Waals surface area (Å²) in [5.74, 6) is 0.537. The standard InChI is InChI=1S/C28H18ClN5O3/c29-22-8-3-9-25(37-16-19-6-4-12-31-33-19)26(22)17-10-11-21-23(13-17)32-28(36)34(27(21)35)24-15-30-14-18-5-1-2-7-20(18)24/h1-15H,16H2,(H,32,36).